The molecule has 0 radical (unpaired) electrons. The number of fused-ring (bicyclic) bond motifs is 1. The third-order valence-electron chi connectivity index (χ3n) is 4.44. The standard InChI is InChI=1S/C18H22N2O5S/c1-20-10-9-12-11-13(5-7-15(12)20)26(21,22)19-14-6-8-16(23-2)18(25-4)17(14)24-3/h5-8,11,19H,9-10H2,1-4H3. The maximum absolute atomic E-state index is 12.9. The Morgan fingerprint density at radius 2 is 1.73 bits per heavy atom. The van der Waals surface area contributed by atoms with E-state index in [2.05, 4.69) is 9.62 Å². The van der Waals surface area contributed by atoms with E-state index in [4.69, 9.17) is 14.2 Å². The van der Waals surface area contributed by atoms with E-state index >= 15 is 0 Å². The lowest BCUT2D eigenvalue weighted by molar-refractivity contribution is 0.325. The van der Waals surface area contributed by atoms with Crippen molar-refractivity contribution in [1.82, 2.24) is 0 Å². The molecule has 1 heterocycles. The molecule has 0 atom stereocenters. The lowest BCUT2D eigenvalue weighted by Gasteiger charge is -2.17. The maximum Gasteiger partial charge on any atom is 0.262 e. The molecule has 1 N–H and O–H groups in total. The number of sulfonamides is 1. The topological polar surface area (TPSA) is 77.1 Å². The summed E-state index contributed by atoms with van der Waals surface area (Å²) in [5, 5.41) is 0. The number of rotatable bonds is 6. The molecular weight excluding hydrogens is 356 g/mol. The van der Waals surface area contributed by atoms with Crippen molar-refractivity contribution in [3.05, 3.63) is 35.9 Å². The molecule has 8 heteroatoms. The molecule has 26 heavy (non-hydrogen) atoms. The number of ether oxygens (including phenoxy) is 3. The van der Waals surface area contributed by atoms with Crippen molar-refractivity contribution in [2.45, 2.75) is 11.3 Å². The fourth-order valence-corrected chi connectivity index (χ4v) is 4.21. The summed E-state index contributed by atoms with van der Waals surface area (Å²) in [4.78, 5) is 2.32. The highest BCUT2D eigenvalue weighted by Crippen LogP contribution is 2.43. The minimum Gasteiger partial charge on any atom is -0.493 e. The fraction of sp³-hybridized carbons (Fsp3) is 0.333. The zero-order chi connectivity index (χ0) is 18.9. The van der Waals surface area contributed by atoms with Crippen LogP contribution in [-0.4, -0.2) is 43.3 Å². The van der Waals surface area contributed by atoms with Crippen LogP contribution in [0.5, 0.6) is 17.2 Å². The van der Waals surface area contributed by atoms with Gasteiger partial charge >= 0.3 is 0 Å². The van der Waals surface area contributed by atoms with Crippen LogP contribution in [0.15, 0.2) is 35.2 Å². The van der Waals surface area contributed by atoms with Crippen LogP contribution in [0.1, 0.15) is 5.56 Å². The molecule has 3 rings (SSSR count). The SMILES string of the molecule is COc1ccc(NS(=O)(=O)c2ccc3c(c2)CCN3C)c(OC)c1OC. The molecule has 0 fully saturated rings. The minimum atomic E-state index is -3.77. The van der Waals surface area contributed by atoms with Gasteiger partial charge in [0.25, 0.3) is 10.0 Å². The van der Waals surface area contributed by atoms with Crippen molar-refractivity contribution < 1.29 is 22.6 Å². The first-order chi connectivity index (χ1) is 12.4. The van der Waals surface area contributed by atoms with Gasteiger partial charge in [-0.25, -0.2) is 8.42 Å². The number of benzene rings is 2. The summed E-state index contributed by atoms with van der Waals surface area (Å²) in [5.41, 5.74) is 2.37. The van der Waals surface area contributed by atoms with E-state index in [1.54, 1.807) is 24.3 Å². The monoisotopic (exact) mass is 378 g/mol. The summed E-state index contributed by atoms with van der Waals surface area (Å²) in [5.74, 6) is 1.04. The molecule has 0 aliphatic carbocycles. The molecule has 0 spiro atoms. The summed E-state index contributed by atoms with van der Waals surface area (Å²) >= 11 is 0. The molecule has 0 saturated heterocycles. The van der Waals surface area contributed by atoms with E-state index in [-0.39, 0.29) is 16.3 Å². The van der Waals surface area contributed by atoms with Crippen LogP contribution < -0.4 is 23.8 Å². The van der Waals surface area contributed by atoms with Crippen molar-refractivity contribution >= 4 is 21.4 Å². The van der Waals surface area contributed by atoms with Gasteiger partial charge in [0.1, 0.15) is 0 Å². The molecular formula is C18H22N2O5S. The second-order valence-electron chi connectivity index (χ2n) is 5.95. The van der Waals surface area contributed by atoms with E-state index in [0.29, 0.717) is 11.5 Å². The van der Waals surface area contributed by atoms with Gasteiger partial charge in [-0.05, 0) is 42.3 Å². The molecule has 0 amide bonds. The molecule has 0 aromatic heterocycles. The van der Waals surface area contributed by atoms with Gasteiger partial charge in [0.05, 0.1) is 31.9 Å². The van der Waals surface area contributed by atoms with Crippen LogP contribution in [0, 0.1) is 0 Å². The van der Waals surface area contributed by atoms with Gasteiger partial charge in [-0.2, -0.15) is 0 Å². The third kappa shape index (κ3) is 3.12. The van der Waals surface area contributed by atoms with E-state index in [9.17, 15) is 8.42 Å². The molecule has 7 nitrogen and oxygen atoms in total. The van der Waals surface area contributed by atoms with E-state index in [0.717, 1.165) is 24.2 Å². The number of likely N-dealkylation sites (N-methyl/N-ethyl adjacent to an activating group) is 1. The number of anilines is 2. The Labute approximate surface area is 153 Å². The summed E-state index contributed by atoms with van der Waals surface area (Å²) in [6.07, 6.45) is 0.828. The normalized spacial score (nSPS) is 13.3. The molecule has 140 valence electrons. The third-order valence-corrected chi connectivity index (χ3v) is 5.80. The predicted molar refractivity (Wildman–Crippen MR) is 100 cm³/mol. The van der Waals surface area contributed by atoms with Gasteiger partial charge < -0.3 is 19.1 Å². The van der Waals surface area contributed by atoms with E-state index < -0.39 is 10.0 Å². The Kier molecular flexibility index (Phi) is 4.86. The van der Waals surface area contributed by atoms with Crippen molar-refractivity contribution in [1.29, 1.82) is 0 Å². The predicted octanol–water partition coefficient (Wildman–Crippen LogP) is 2.51. The summed E-state index contributed by atoms with van der Waals surface area (Å²) in [6, 6.07) is 8.36. The number of nitrogens with zero attached hydrogens (tertiary/aromatic N) is 1. The van der Waals surface area contributed by atoms with Gasteiger partial charge in [-0.1, -0.05) is 0 Å². The summed E-state index contributed by atoms with van der Waals surface area (Å²) in [6.45, 7) is 0.885. The highest BCUT2D eigenvalue weighted by molar-refractivity contribution is 7.92. The molecule has 0 unspecified atom stereocenters. The molecule has 1 aliphatic heterocycles. The average Bonchev–Trinajstić information content (AvgIpc) is 3.01. The van der Waals surface area contributed by atoms with Crippen molar-refractivity contribution in [3.8, 4) is 17.2 Å². The van der Waals surface area contributed by atoms with Gasteiger partial charge in [0.2, 0.25) is 5.75 Å². The molecule has 0 bridgehead atoms. The van der Waals surface area contributed by atoms with Gasteiger partial charge in [0.15, 0.2) is 11.5 Å². The van der Waals surface area contributed by atoms with Crippen molar-refractivity contribution in [3.63, 3.8) is 0 Å². The van der Waals surface area contributed by atoms with Crippen LogP contribution in [0.25, 0.3) is 0 Å². The smallest absolute Gasteiger partial charge is 0.262 e. The zero-order valence-electron chi connectivity index (χ0n) is 15.2. The Balaban J connectivity index is 1.98. The highest BCUT2D eigenvalue weighted by Gasteiger charge is 2.24. The first kappa shape index (κ1) is 18.2. The van der Waals surface area contributed by atoms with Crippen LogP contribution in [0.2, 0.25) is 0 Å². The Bertz CT molecular complexity index is 927. The summed E-state index contributed by atoms with van der Waals surface area (Å²) in [7, 11) is 2.63. The van der Waals surface area contributed by atoms with Crippen LogP contribution in [0.3, 0.4) is 0 Å². The van der Waals surface area contributed by atoms with Gasteiger partial charge in [0, 0.05) is 19.3 Å². The van der Waals surface area contributed by atoms with E-state index in [1.807, 2.05) is 13.1 Å². The highest BCUT2D eigenvalue weighted by atomic mass is 32.2. The quantitative estimate of drug-likeness (QED) is 0.832. The number of nitrogens with one attached hydrogen (secondary N) is 1. The number of methoxy groups -OCH3 is 3. The van der Waals surface area contributed by atoms with Crippen LogP contribution in [0.4, 0.5) is 11.4 Å². The molecule has 0 saturated carbocycles. The van der Waals surface area contributed by atoms with Gasteiger partial charge in [-0.15, -0.1) is 0 Å². The summed E-state index contributed by atoms with van der Waals surface area (Å²) < 4.78 is 44.2. The van der Waals surface area contributed by atoms with E-state index in [1.165, 1.54) is 21.3 Å². The Morgan fingerprint density at radius 3 is 2.38 bits per heavy atom. The maximum atomic E-state index is 12.9. The van der Waals surface area contributed by atoms with Crippen molar-refractivity contribution in [2.24, 2.45) is 0 Å². The van der Waals surface area contributed by atoms with Crippen molar-refractivity contribution in [2.75, 3.05) is 44.5 Å². The fourth-order valence-electron chi connectivity index (χ4n) is 3.10. The first-order valence-corrected chi connectivity index (χ1v) is 9.55. The second-order valence-corrected chi connectivity index (χ2v) is 7.63. The molecule has 1 aliphatic rings. The zero-order valence-corrected chi connectivity index (χ0v) is 16.0. The lowest BCUT2D eigenvalue weighted by atomic mass is 10.2. The van der Waals surface area contributed by atoms with Gasteiger partial charge in [-0.3, -0.25) is 4.72 Å². The lowest BCUT2D eigenvalue weighted by Crippen LogP contribution is -2.15. The average molecular weight is 378 g/mol. The Morgan fingerprint density at radius 1 is 1.00 bits per heavy atom. The molecule has 2 aromatic carbocycles. The minimum absolute atomic E-state index is 0.211. The second kappa shape index (κ2) is 6.95. The first-order valence-electron chi connectivity index (χ1n) is 8.07. The van der Waals surface area contributed by atoms with Crippen LogP contribution in [-0.2, 0) is 16.4 Å². The molecule has 2 aromatic rings. The Hall–Kier alpha value is -2.61. The number of hydrogen-bond acceptors (Lipinski definition) is 6. The largest absolute Gasteiger partial charge is 0.493 e. The number of hydrogen-bond donors (Lipinski definition) is 1. The van der Waals surface area contributed by atoms with Crippen LogP contribution >= 0.6 is 0 Å².